The average Bonchev–Trinajstić information content (AvgIpc) is 2.99. The number of amides is 1. The first-order valence-corrected chi connectivity index (χ1v) is 12.2. The number of methoxy groups -OCH3 is 1. The van der Waals surface area contributed by atoms with Crippen LogP contribution in [0.4, 0.5) is 5.69 Å². The van der Waals surface area contributed by atoms with Gasteiger partial charge in [-0.05, 0) is 35.0 Å². The number of rotatable bonds is 3. The molecule has 2 aliphatic carbocycles. The number of benzene rings is 1. The molecule has 1 saturated carbocycles. The highest BCUT2D eigenvalue weighted by atomic mass is 28.3. The van der Waals surface area contributed by atoms with Crippen LogP contribution in [-0.4, -0.2) is 44.1 Å². The van der Waals surface area contributed by atoms with Crippen molar-refractivity contribution in [2.24, 2.45) is 11.8 Å². The standard InChI is InChI=1S/C19H23NO4Si/c1-24-11-7-5-10(6-8-11)20-16-14(19(20)23)12-9-13(21)18(25(2,3)4)15(12)17(16)22/h5-8,12,14,16-17,22H,9H2,1-4H3/t12-,14+,16+,17+/m1/s1. The maximum atomic E-state index is 12.8. The summed E-state index contributed by atoms with van der Waals surface area (Å²) >= 11 is 0. The number of nitrogens with zero attached hydrogens (tertiary/aromatic N) is 1. The Balaban J connectivity index is 1.72. The van der Waals surface area contributed by atoms with E-state index in [1.54, 1.807) is 12.0 Å². The molecule has 0 bridgehead atoms. The second kappa shape index (κ2) is 5.29. The van der Waals surface area contributed by atoms with Gasteiger partial charge in [0.15, 0.2) is 5.78 Å². The van der Waals surface area contributed by atoms with Crippen molar-refractivity contribution < 1.29 is 19.4 Å². The third-order valence-electron chi connectivity index (χ3n) is 5.74. The lowest BCUT2D eigenvalue weighted by Crippen LogP contribution is -2.63. The van der Waals surface area contributed by atoms with Crippen LogP contribution in [0.5, 0.6) is 5.75 Å². The van der Waals surface area contributed by atoms with Crippen molar-refractivity contribution in [3.8, 4) is 5.75 Å². The van der Waals surface area contributed by atoms with Crippen LogP contribution in [0, 0.1) is 11.8 Å². The minimum atomic E-state index is -1.86. The van der Waals surface area contributed by atoms with Crippen LogP contribution in [0.25, 0.3) is 0 Å². The van der Waals surface area contributed by atoms with Gasteiger partial charge in [0.05, 0.1) is 33.2 Å². The van der Waals surface area contributed by atoms with Gasteiger partial charge in [-0.25, -0.2) is 0 Å². The van der Waals surface area contributed by atoms with E-state index in [4.69, 9.17) is 4.74 Å². The fourth-order valence-corrected chi connectivity index (χ4v) is 6.94. The molecular weight excluding hydrogens is 334 g/mol. The molecule has 2 fully saturated rings. The van der Waals surface area contributed by atoms with E-state index in [9.17, 15) is 14.7 Å². The topological polar surface area (TPSA) is 66.8 Å². The molecule has 1 aliphatic heterocycles. The number of ether oxygens (including phenoxy) is 1. The molecule has 1 aromatic carbocycles. The molecule has 3 aliphatic rings. The minimum Gasteiger partial charge on any atom is -0.497 e. The van der Waals surface area contributed by atoms with Gasteiger partial charge in [-0.1, -0.05) is 19.6 Å². The number of hydrogen-bond acceptors (Lipinski definition) is 4. The second-order valence-corrected chi connectivity index (χ2v) is 13.2. The fourth-order valence-electron chi connectivity index (χ4n) is 4.80. The normalized spacial score (nSPS) is 31.2. The van der Waals surface area contributed by atoms with Crippen molar-refractivity contribution in [1.29, 1.82) is 0 Å². The predicted molar refractivity (Wildman–Crippen MR) is 97.3 cm³/mol. The molecule has 1 aromatic rings. The first-order valence-electron chi connectivity index (χ1n) is 8.68. The van der Waals surface area contributed by atoms with Gasteiger partial charge in [0.2, 0.25) is 5.91 Å². The molecule has 1 N–H and O–H groups in total. The zero-order valence-corrected chi connectivity index (χ0v) is 15.9. The molecule has 132 valence electrons. The fraction of sp³-hybridized carbons (Fsp3) is 0.474. The molecule has 4 rings (SSSR count). The Labute approximate surface area is 148 Å². The Kier molecular flexibility index (Phi) is 3.50. The molecule has 4 atom stereocenters. The van der Waals surface area contributed by atoms with Crippen LogP contribution < -0.4 is 9.64 Å². The lowest BCUT2D eigenvalue weighted by Gasteiger charge is -2.46. The number of aliphatic hydroxyl groups is 1. The zero-order chi connectivity index (χ0) is 18.1. The van der Waals surface area contributed by atoms with E-state index < -0.39 is 14.2 Å². The highest BCUT2D eigenvalue weighted by molar-refractivity contribution is 6.87. The van der Waals surface area contributed by atoms with Gasteiger partial charge in [-0.15, -0.1) is 0 Å². The summed E-state index contributed by atoms with van der Waals surface area (Å²) in [6, 6.07) is 7.06. The molecule has 0 spiro atoms. The molecule has 0 aromatic heterocycles. The number of carbonyl (C=O) groups excluding carboxylic acids is 2. The van der Waals surface area contributed by atoms with E-state index in [0.29, 0.717) is 6.42 Å². The van der Waals surface area contributed by atoms with Gasteiger partial charge < -0.3 is 14.7 Å². The van der Waals surface area contributed by atoms with Crippen LogP contribution in [-0.2, 0) is 9.59 Å². The van der Waals surface area contributed by atoms with E-state index in [0.717, 1.165) is 22.2 Å². The van der Waals surface area contributed by atoms with Gasteiger partial charge in [0.25, 0.3) is 0 Å². The third-order valence-corrected chi connectivity index (χ3v) is 7.80. The van der Waals surface area contributed by atoms with E-state index in [1.807, 2.05) is 24.3 Å². The average molecular weight is 357 g/mol. The van der Waals surface area contributed by atoms with Gasteiger partial charge in [-0.3, -0.25) is 9.59 Å². The highest BCUT2D eigenvalue weighted by Crippen LogP contribution is 2.55. The van der Waals surface area contributed by atoms with E-state index >= 15 is 0 Å². The highest BCUT2D eigenvalue weighted by Gasteiger charge is 2.65. The summed E-state index contributed by atoms with van der Waals surface area (Å²) in [5.41, 5.74) is 1.64. The minimum absolute atomic E-state index is 0.0128. The quantitative estimate of drug-likeness (QED) is 0.665. The summed E-state index contributed by atoms with van der Waals surface area (Å²) in [5.74, 6) is 0.527. The number of anilines is 1. The molecule has 1 saturated heterocycles. The van der Waals surface area contributed by atoms with Crippen LogP contribution in [0.1, 0.15) is 6.42 Å². The largest absolute Gasteiger partial charge is 0.497 e. The number of carbonyl (C=O) groups is 2. The van der Waals surface area contributed by atoms with Crippen molar-refractivity contribution in [2.45, 2.75) is 38.2 Å². The lowest BCUT2D eigenvalue weighted by atomic mass is 9.82. The predicted octanol–water partition coefficient (Wildman–Crippen LogP) is 2.16. The number of Topliss-reactive ketones (excluding diaryl/α,β-unsaturated/α-hetero) is 1. The Bertz CT molecular complexity index is 793. The SMILES string of the molecule is COc1ccc(N2C(=O)[C@@H]3[C@H]2[C@@H](O)C2=C([Si](C)(C)C)C(=O)C[C@@H]23)cc1. The van der Waals surface area contributed by atoms with Gasteiger partial charge in [-0.2, -0.15) is 0 Å². The molecular formula is C19H23NO4Si. The second-order valence-electron chi connectivity index (χ2n) is 8.18. The van der Waals surface area contributed by atoms with Crippen molar-refractivity contribution in [3.63, 3.8) is 0 Å². The summed E-state index contributed by atoms with van der Waals surface area (Å²) in [6.07, 6.45) is -0.349. The molecule has 0 unspecified atom stereocenters. The van der Waals surface area contributed by atoms with Crippen LogP contribution in [0.3, 0.4) is 0 Å². The third kappa shape index (κ3) is 2.17. The smallest absolute Gasteiger partial charge is 0.233 e. The number of β-lactam (4-membered cyclic amide) rings is 1. The summed E-state index contributed by atoms with van der Waals surface area (Å²) in [7, 11) is -0.258. The van der Waals surface area contributed by atoms with Crippen molar-refractivity contribution >= 4 is 25.5 Å². The maximum Gasteiger partial charge on any atom is 0.233 e. The van der Waals surface area contributed by atoms with E-state index in [-0.39, 0.29) is 29.6 Å². The van der Waals surface area contributed by atoms with Crippen molar-refractivity contribution in [3.05, 3.63) is 35.0 Å². The summed E-state index contributed by atoms with van der Waals surface area (Å²) in [4.78, 5) is 27.0. The number of allylic oxidation sites excluding steroid dienone is 1. The van der Waals surface area contributed by atoms with Crippen molar-refractivity contribution in [2.75, 3.05) is 12.0 Å². The molecule has 1 heterocycles. The monoisotopic (exact) mass is 357 g/mol. The number of fused-ring (bicyclic) bond motifs is 3. The van der Waals surface area contributed by atoms with Crippen LogP contribution in [0.2, 0.25) is 19.6 Å². The number of hydrogen-bond donors (Lipinski definition) is 1. The molecule has 0 radical (unpaired) electrons. The number of aliphatic hydroxyl groups excluding tert-OH is 1. The van der Waals surface area contributed by atoms with Crippen molar-refractivity contribution in [1.82, 2.24) is 0 Å². The molecule has 25 heavy (non-hydrogen) atoms. The maximum absolute atomic E-state index is 12.8. The van der Waals surface area contributed by atoms with Gasteiger partial charge in [0, 0.05) is 18.0 Å². The Morgan fingerprint density at radius 2 is 1.80 bits per heavy atom. The Morgan fingerprint density at radius 3 is 2.36 bits per heavy atom. The van der Waals surface area contributed by atoms with Gasteiger partial charge in [0.1, 0.15) is 5.75 Å². The zero-order valence-electron chi connectivity index (χ0n) is 14.9. The van der Waals surface area contributed by atoms with Gasteiger partial charge >= 0.3 is 0 Å². The van der Waals surface area contributed by atoms with E-state index in [2.05, 4.69) is 19.6 Å². The van der Waals surface area contributed by atoms with E-state index in [1.165, 1.54) is 0 Å². The lowest BCUT2D eigenvalue weighted by molar-refractivity contribution is -0.132. The molecule has 5 nitrogen and oxygen atoms in total. The summed E-state index contributed by atoms with van der Waals surface area (Å²) < 4.78 is 5.17. The number of ketones is 1. The molecule has 1 amide bonds. The Hall–Kier alpha value is -1.92. The Morgan fingerprint density at radius 1 is 1.16 bits per heavy atom. The summed E-state index contributed by atoms with van der Waals surface area (Å²) in [6.45, 7) is 6.39. The van der Waals surface area contributed by atoms with Crippen LogP contribution in [0.15, 0.2) is 35.0 Å². The molecule has 6 heteroatoms. The first kappa shape index (κ1) is 16.5. The van der Waals surface area contributed by atoms with Crippen LogP contribution >= 0.6 is 0 Å². The first-order chi connectivity index (χ1) is 11.8. The summed E-state index contributed by atoms with van der Waals surface area (Å²) in [5, 5.41) is 11.8.